The molecule has 142 valence electrons. The summed E-state index contributed by atoms with van der Waals surface area (Å²) in [5, 5.41) is 11.6. The monoisotopic (exact) mass is 368 g/mol. The van der Waals surface area contributed by atoms with E-state index in [2.05, 4.69) is 20.5 Å². The zero-order valence-electron chi connectivity index (χ0n) is 16.0. The van der Waals surface area contributed by atoms with Gasteiger partial charge in [0.25, 0.3) is 5.91 Å². The Labute approximate surface area is 157 Å². The Morgan fingerprint density at radius 3 is 2.56 bits per heavy atom. The molecule has 27 heavy (non-hydrogen) atoms. The van der Waals surface area contributed by atoms with E-state index >= 15 is 0 Å². The highest BCUT2D eigenvalue weighted by molar-refractivity contribution is 5.97. The van der Waals surface area contributed by atoms with Crippen LogP contribution in [0.25, 0.3) is 11.0 Å². The number of nitrogens with one attached hydrogen (secondary N) is 1. The van der Waals surface area contributed by atoms with Crippen molar-refractivity contribution in [1.82, 2.24) is 29.9 Å². The lowest BCUT2D eigenvalue weighted by Crippen LogP contribution is -2.43. The number of aryl methyl sites for hydroxylation is 2. The molecule has 0 bridgehead atoms. The zero-order valence-corrected chi connectivity index (χ0v) is 16.0. The van der Waals surface area contributed by atoms with Gasteiger partial charge in [0.05, 0.1) is 30.4 Å². The molecular formula is C19H24N6O2. The van der Waals surface area contributed by atoms with Crippen LogP contribution in [0.1, 0.15) is 36.8 Å². The molecule has 0 unspecified atom stereocenters. The van der Waals surface area contributed by atoms with E-state index in [1.807, 2.05) is 32.3 Å². The minimum Gasteiger partial charge on any atom is -0.347 e. The lowest BCUT2D eigenvalue weighted by molar-refractivity contribution is 0.0916. The number of nitrogens with zero attached hydrogens (tertiary/aromatic N) is 5. The first-order valence-corrected chi connectivity index (χ1v) is 9.06. The third-order valence-corrected chi connectivity index (χ3v) is 4.59. The van der Waals surface area contributed by atoms with Gasteiger partial charge in [-0.3, -0.25) is 9.59 Å². The number of fused-ring (bicyclic) bond motifs is 1. The maximum absolute atomic E-state index is 12.9. The fraction of sp³-hybridized carbons (Fsp3) is 0.421. The van der Waals surface area contributed by atoms with Crippen LogP contribution in [0.5, 0.6) is 0 Å². The molecule has 1 atom stereocenters. The van der Waals surface area contributed by atoms with Gasteiger partial charge in [-0.05, 0) is 31.9 Å². The maximum atomic E-state index is 12.9. The average molecular weight is 368 g/mol. The van der Waals surface area contributed by atoms with E-state index in [0.29, 0.717) is 24.1 Å². The predicted octanol–water partition coefficient (Wildman–Crippen LogP) is 1.77. The second-order valence-corrected chi connectivity index (χ2v) is 6.89. The molecule has 1 N–H and O–H groups in total. The van der Waals surface area contributed by atoms with Crippen molar-refractivity contribution in [2.75, 3.05) is 0 Å². The Hall–Kier alpha value is -3.03. The zero-order chi connectivity index (χ0) is 19.6. The highest BCUT2D eigenvalue weighted by Crippen LogP contribution is 2.12. The van der Waals surface area contributed by atoms with Crippen molar-refractivity contribution in [2.24, 2.45) is 5.92 Å². The van der Waals surface area contributed by atoms with Crippen LogP contribution in [0.3, 0.4) is 0 Å². The van der Waals surface area contributed by atoms with Gasteiger partial charge in [-0.15, -0.1) is 0 Å². The Bertz CT molecular complexity index is 1010. The average Bonchev–Trinajstić information content (AvgIpc) is 3.14. The van der Waals surface area contributed by atoms with Crippen LogP contribution in [0.15, 0.2) is 35.5 Å². The maximum Gasteiger partial charge on any atom is 0.257 e. The molecule has 0 aromatic carbocycles. The summed E-state index contributed by atoms with van der Waals surface area (Å²) >= 11 is 0. The summed E-state index contributed by atoms with van der Waals surface area (Å²) in [4.78, 5) is 31.8. The van der Waals surface area contributed by atoms with Gasteiger partial charge in [-0.2, -0.15) is 15.0 Å². The standard InChI is InChI=1S/C19H24N6O2/c1-5-24-10-15(17(26)14-7-6-13(4)22-18(14)24)19(27)23-16(12(2)3)11-25-20-8-9-21-25/h6-10,12,16H,5,11H2,1-4H3,(H,23,27)/t16-/m1/s1. The van der Waals surface area contributed by atoms with Crippen molar-refractivity contribution in [2.45, 2.75) is 46.8 Å². The Kier molecular flexibility index (Phi) is 5.34. The Balaban J connectivity index is 1.96. The van der Waals surface area contributed by atoms with Crippen molar-refractivity contribution in [3.05, 3.63) is 52.2 Å². The first kappa shape index (κ1) is 18.8. The Morgan fingerprint density at radius 2 is 1.93 bits per heavy atom. The highest BCUT2D eigenvalue weighted by atomic mass is 16.2. The second kappa shape index (κ2) is 7.69. The molecule has 8 nitrogen and oxygen atoms in total. The molecule has 0 radical (unpaired) electrons. The van der Waals surface area contributed by atoms with Crippen LogP contribution in [-0.2, 0) is 13.1 Å². The topological polar surface area (TPSA) is 94.7 Å². The van der Waals surface area contributed by atoms with Gasteiger partial charge in [0.1, 0.15) is 11.2 Å². The van der Waals surface area contributed by atoms with Crippen LogP contribution in [0.2, 0.25) is 0 Å². The molecule has 3 rings (SSSR count). The fourth-order valence-electron chi connectivity index (χ4n) is 2.95. The van der Waals surface area contributed by atoms with Gasteiger partial charge >= 0.3 is 0 Å². The summed E-state index contributed by atoms with van der Waals surface area (Å²) < 4.78 is 1.83. The molecule has 0 aliphatic rings. The summed E-state index contributed by atoms with van der Waals surface area (Å²) in [5.41, 5.74) is 1.24. The van der Waals surface area contributed by atoms with Gasteiger partial charge in [-0.1, -0.05) is 13.8 Å². The SMILES string of the molecule is CCn1cc(C(=O)N[C@H](Cn2nccn2)C(C)C)c(=O)c2ccc(C)nc21. The summed E-state index contributed by atoms with van der Waals surface area (Å²) in [6.07, 6.45) is 4.78. The molecule has 3 aromatic rings. The Morgan fingerprint density at radius 1 is 1.22 bits per heavy atom. The number of carbonyl (C=O) groups is 1. The van der Waals surface area contributed by atoms with E-state index in [-0.39, 0.29) is 23.0 Å². The van der Waals surface area contributed by atoms with Gasteiger partial charge in [0.15, 0.2) is 0 Å². The van der Waals surface area contributed by atoms with Gasteiger partial charge < -0.3 is 9.88 Å². The molecule has 0 saturated heterocycles. The van der Waals surface area contributed by atoms with Crippen LogP contribution in [-0.4, -0.2) is 36.5 Å². The number of hydrogen-bond acceptors (Lipinski definition) is 5. The number of carbonyl (C=O) groups excluding carboxylic acids is 1. The lowest BCUT2D eigenvalue weighted by Gasteiger charge is -2.22. The van der Waals surface area contributed by atoms with E-state index < -0.39 is 5.91 Å². The van der Waals surface area contributed by atoms with Gasteiger partial charge in [0, 0.05) is 18.4 Å². The molecule has 3 heterocycles. The number of rotatable bonds is 6. The first-order valence-electron chi connectivity index (χ1n) is 9.06. The molecule has 0 spiro atoms. The largest absolute Gasteiger partial charge is 0.347 e. The third-order valence-electron chi connectivity index (χ3n) is 4.59. The third kappa shape index (κ3) is 3.89. The second-order valence-electron chi connectivity index (χ2n) is 6.89. The van der Waals surface area contributed by atoms with Crippen molar-refractivity contribution in [3.63, 3.8) is 0 Å². The molecular weight excluding hydrogens is 344 g/mol. The van der Waals surface area contributed by atoms with Crippen molar-refractivity contribution in [3.8, 4) is 0 Å². The fourth-order valence-corrected chi connectivity index (χ4v) is 2.95. The normalized spacial score (nSPS) is 12.5. The minimum atomic E-state index is -0.393. The number of hydrogen-bond donors (Lipinski definition) is 1. The predicted molar refractivity (Wildman–Crippen MR) is 103 cm³/mol. The van der Waals surface area contributed by atoms with E-state index in [9.17, 15) is 9.59 Å². The summed E-state index contributed by atoms with van der Waals surface area (Å²) in [6, 6.07) is 3.31. The number of amides is 1. The first-order chi connectivity index (χ1) is 12.9. The van der Waals surface area contributed by atoms with Crippen molar-refractivity contribution >= 4 is 16.9 Å². The minimum absolute atomic E-state index is 0.120. The van der Waals surface area contributed by atoms with Gasteiger partial charge in [-0.25, -0.2) is 4.98 Å². The molecule has 3 aromatic heterocycles. The van der Waals surface area contributed by atoms with E-state index in [1.54, 1.807) is 30.7 Å². The van der Waals surface area contributed by atoms with E-state index in [0.717, 1.165) is 5.69 Å². The summed E-state index contributed by atoms with van der Waals surface area (Å²) in [5.74, 6) is -0.242. The van der Waals surface area contributed by atoms with E-state index in [4.69, 9.17) is 0 Å². The lowest BCUT2D eigenvalue weighted by atomic mass is 10.0. The van der Waals surface area contributed by atoms with Crippen LogP contribution < -0.4 is 10.7 Å². The summed E-state index contributed by atoms with van der Waals surface area (Å²) in [6.45, 7) is 8.89. The van der Waals surface area contributed by atoms with E-state index in [1.165, 1.54) is 4.80 Å². The van der Waals surface area contributed by atoms with Gasteiger partial charge in [0.2, 0.25) is 5.43 Å². The smallest absolute Gasteiger partial charge is 0.257 e. The summed E-state index contributed by atoms with van der Waals surface area (Å²) in [7, 11) is 0. The van der Waals surface area contributed by atoms with Crippen LogP contribution in [0.4, 0.5) is 0 Å². The molecule has 0 saturated carbocycles. The molecule has 0 aliphatic carbocycles. The molecule has 8 heteroatoms. The van der Waals surface area contributed by atoms with Crippen LogP contribution >= 0.6 is 0 Å². The van der Waals surface area contributed by atoms with Crippen LogP contribution in [0, 0.1) is 12.8 Å². The van der Waals surface area contributed by atoms with Crippen molar-refractivity contribution in [1.29, 1.82) is 0 Å². The number of aromatic nitrogens is 5. The molecule has 1 amide bonds. The highest BCUT2D eigenvalue weighted by Gasteiger charge is 2.22. The van der Waals surface area contributed by atoms with Crippen molar-refractivity contribution < 1.29 is 4.79 Å². The number of pyridine rings is 2. The molecule has 0 aliphatic heterocycles. The molecule has 0 fully saturated rings. The quantitative estimate of drug-likeness (QED) is 0.715.